The molecule has 44 heavy (non-hydrogen) atoms. The first kappa shape index (κ1) is 27.9. The molecule has 1 amide bonds. The third-order valence-corrected chi connectivity index (χ3v) is 9.27. The van der Waals surface area contributed by atoms with E-state index in [4.69, 9.17) is 14.8 Å². The molecule has 0 fully saturated rings. The molecule has 11 heteroatoms. The Kier molecular flexibility index (Phi) is 6.58. The fourth-order valence-electron chi connectivity index (χ4n) is 6.17. The molecule has 222 valence electrons. The number of hydrogen-bond acceptors (Lipinski definition) is 6. The highest BCUT2D eigenvalue weighted by molar-refractivity contribution is 7.18. The Bertz CT molecular complexity index is 2130. The first-order chi connectivity index (χ1) is 21.2. The lowest BCUT2D eigenvalue weighted by atomic mass is 9.96. The van der Waals surface area contributed by atoms with Crippen molar-refractivity contribution in [1.82, 2.24) is 29.2 Å². The van der Waals surface area contributed by atoms with Crippen LogP contribution in [0.25, 0.3) is 54.9 Å². The Morgan fingerprint density at radius 1 is 1.11 bits per heavy atom. The number of amides is 1. The SMILES string of the molecule is C=CC(=O)N1C[C@H](C)n2nc(-c3nc(-c4ccc5c(c4)ncn5C)c4ccsc4c3-c3c(F)cc(F)cc3OC)cc2[C@H]1C. The first-order valence-corrected chi connectivity index (χ1v) is 15.0. The predicted molar refractivity (Wildman–Crippen MR) is 167 cm³/mol. The van der Waals surface area contributed by atoms with Gasteiger partial charge in [0.25, 0.3) is 0 Å². The molecule has 1 aliphatic heterocycles. The number of fused-ring (bicyclic) bond motifs is 3. The Balaban J connectivity index is 1.54. The van der Waals surface area contributed by atoms with Crippen LogP contribution in [0.1, 0.15) is 31.6 Å². The van der Waals surface area contributed by atoms with Crippen LogP contribution >= 0.6 is 11.3 Å². The molecule has 2 atom stereocenters. The molecule has 0 saturated carbocycles. The molecule has 2 aromatic carbocycles. The van der Waals surface area contributed by atoms with E-state index >= 15 is 4.39 Å². The maximum absolute atomic E-state index is 15.8. The number of imidazole rings is 1. The second-order valence-electron chi connectivity index (χ2n) is 11.0. The number of pyridine rings is 1. The molecule has 1 aliphatic rings. The van der Waals surface area contributed by atoms with Crippen LogP contribution in [-0.2, 0) is 11.8 Å². The van der Waals surface area contributed by atoms with Crippen molar-refractivity contribution in [3.63, 3.8) is 0 Å². The monoisotopic (exact) mass is 610 g/mol. The van der Waals surface area contributed by atoms with E-state index in [1.807, 2.05) is 65.9 Å². The summed E-state index contributed by atoms with van der Waals surface area (Å²) in [4.78, 5) is 24.1. The number of carbonyl (C=O) groups is 1. The quantitative estimate of drug-likeness (QED) is 0.191. The first-order valence-electron chi connectivity index (χ1n) is 14.1. The summed E-state index contributed by atoms with van der Waals surface area (Å²) in [6.07, 6.45) is 3.08. The van der Waals surface area contributed by atoms with Crippen LogP contribution in [-0.4, -0.2) is 48.8 Å². The maximum Gasteiger partial charge on any atom is 0.246 e. The van der Waals surface area contributed by atoms with Crippen molar-refractivity contribution in [3.05, 3.63) is 84.2 Å². The van der Waals surface area contributed by atoms with Gasteiger partial charge in [-0.15, -0.1) is 11.3 Å². The Labute approximate surface area is 255 Å². The van der Waals surface area contributed by atoms with Gasteiger partial charge in [0.05, 0.1) is 53.5 Å². The van der Waals surface area contributed by atoms with Gasteiger partial charge in [0.15, 0.2) is 0 Å². The second-order valence-corrected chi connectivity index (χ2v) is 11.9. The Hall–Kier alpha value is -4.90. The highest BCUT2D eigenvalue weighted by atomic mass is 32.1. The summed E-state index contributed by atoms with van der Waals surface area (Å²) in [5.41, 5.74) is 5.62. The van der Waals surface area contributed by atoms with Gasteiger partial charge in [-0.3, -0.25) is 9.48 Å². The third kappa shape index (κ3) is 4.22. The zero-order valence-electron chi connectivity index (χ0n) is 24.5. The van der Waals surface area contributed by atoms with E-state index < -0.39 is 11.6 Å². The number of thiophene rings is 1. The van der Waals surface area contributed by atoms with Crippen LogP contribution in [0.4, 0.5) is 8.78 Å². The lowest BCUT2D eigenvalue weighted by molar-refractivity contribution is -0.129. The van der Waals surface area contributed by atoms with Gasteiger partial charge in [0.1, 0.15) is 28.8 Å². The number of methoxy groups -OCH3 is 1. The molecule has 0 spiro atoms. The molecule has 0 bridgehead atoms. The Morgan fingerprint density at radius 3 is 2.70 bits per heavy atom. The van der Waals surface area contributed by atoms with Crippen LogP contribution in [0.3, 0.4) is 0 Å². The third-order valence-electron chi connectivity index (χ3n) is 8.33. The largest absolute Gasteiger partial charge is 0.496 e. The minimum absolute atomic E-state index is 0.0522. The molecule has 0 radical (unpaired) electrons. The van der Waals surface area contributed by atoms with Gasteiger partial charge in [0.2, 0.25) is 5.91 Å². The molecule has 0 aliphatic carbocycles. The fraction of sp³-hybridized carbons (Fsp3) is 0.212. The zero-order chi connectivity index (χ0) is 30.9. The van der Waals surface area contributed by atoms with Crippen molar-refractivity contribution in [2.45, 2.75) is 25.9 Å². The highest BCUT2D eigenvalue weighted by Gasteiger charge is 2.34. The van der Waals surface area contributed by atoms with Crippen molar-refractivity contribution < 1.29 is 18.3 Å². The highest BCUT2D eigenvalue weighted by Crippen LogP contribution is 2.47. The van der Waals surface area contributed by atoms with E-state index in [9.17, 15) is 9.18 Å². The van der Waals surface area contributed by atoms with Crippen molar-refractivity contribution in [1.29, 1.82) is 0 Å². The number of ether oxygens (including phenoxy) is 1. The summed E-state index contributed by atoms with van der Waals surface area (Å²) in [5.74, 6) is -1.62. The van der Waals surface area contributed by atoms with E-state index in [1.54, 1.807) is 11.2 Å². The number of nitrogens with zero attached hydrogens (tertiary/aromatic N) is 6. The summed E-state index contributed by atoms with van der Waals surface area (Å²) in [5, 5.41) is 7.72. The average molecular weight is 611 g/mol. The number of halogens is 2. The number of aryl methyl sites for hydroxylation is 1. The van der Waals surface area contributed by atoms with E-state index in [0.29, 0.717) is 29.2 Å². The topological polar surface area (TPSA) is 78.1 Å². The maximum atomic E-state index is 15.8. The number of rotatable bonds is 5. The second kappa shape index (κ2) is 10.4. The van der Waals surface area contributed by atoms with Gasteiger partial charge in [-0.05, 0) is 49.6 Å². The van der Waals surface area contributed by atoms with Crippen molar-refractivity contribution in [2.75, 3.05) is 13.7 Å². The van der Waals surface area contributed by atoms with Gasteiger partial charge in [-0.25, -0.2) is 18.7 Å². The molecule has 6 aromatic rings. The van der Waals surface area contributed by atoms with Crippen molar-refractivity contribution in [2.24, 2.45) is 7.05 Å². The molecule has 0 unspecified atom stereocenters. The van der Waals surface area contributed by atoms with E-state index in [1.165, 1.54) is 30.6 Å². The molecule has 8 nitrogen and oxygen atoms in total. The summed E-state index contributed by atoms with van der Waals surface area (Å²) >= 11 is 1.44. The smallest absolute Gasteiger partial charge is 0.246 e. The minimum atomic E-state index is -0.768. The number of benzene rings is 2. The van der Waals surface area contributed by atoms with Gasteiger partial charge in [0, 0.05) is 46.9 Å². The van der Waals surface area contributed by atoms with Gasteiger partial charge < -0.3 is 14.2 Å². The molecule has 4 aromatic heterocycles. The van der Waals surface area contributed by atoms with Gasteiger partial charge >= 0.3 is 0 Å². The number of carbonyl (C=O) groups excluding carboxylic acids is 1. The fourth-order valence-corrected chi connectivity index (χ4v) is 7.12. The number of aromatic nitrogens is 5. The molecule has 5 heterocycles. The predicted octanol–water partition coefficient (Wildman–Crippen LogP) is 7.32. The standard InChI is InChI=1S/C33H28F2N6O2S/c1-6-28(42)40-15-17(2)41-26(18(40)3)14-24(38-41)32-30(29-22(35)12-20(34)13-27(29)43-5)33-21(9-10-44-33)31(37-32)19-7-8-25-23(11-19)36-16-39(25)4/h6-14,16-18H,1,15H2,2-5H3/t17-,18+/m0/s1. The van der Waals surface area contributed by atoms with Crippen molar-refractivity contribution >= 4 is 38.4 Å². The van der Waals surface area contributed by atoms with E-state index in [0.717, 1.165) is 38.4 Å². The van der Waals surface area contributed by atoms with Crippen LogP contribution in [0.2, 0.25) is 0 Å². The Morgan fingerprint density at radius 2 is 1.93 bits per heavy atom. The van der Waals surface area contributed by atoms with Crippen LogP contribution in [0, 0.1) is 11.6 Å². The minimum Gasteiger partial charge on any atom is -0.496 e. The molecule has 7 rings (SSSR count). The van der Waals surface area contributed by atoms with E-state index in [2.05, 4.69) is 11.6 Å². The zero-order valence-corrected chi connectivity index (χ0v) is 25.3. The summed E-state index contributed by atoms with van der Waals surface area (Å²) in [6, 6.07) is 11.4. The van der Waals surface area contributed by atoms with Crippen LogP contribution in [0.5, 0.6) is 5.75 Å². The lowest BCUT2D eigenvalue weighted by Crippen LogP contribution is -2.42. The van der Waals surface area contributed by atoms with Crippen LogP contribution < -0.4 is 4.74 Å². The van der Waals surface area contributed by atoms with Crippen molar-refractivity contribution in [3.8, 4) is 39.5 Å². The summed E-state index contributed by atoms with van der Waals surface area (Å²) in [6.45, 7) is 8.05. The molecule has 0 N–H and O–H groups in total. The average Bonchev–Trinajstić information content (AvgIpc) is 3.77. The van der Waals surface area contributed by atoms with E-state index in [-0.39, 0.29) is 29.3 Å². The number of hydrogen-bond donors (Lipinski definition) is 0. The summed E-state index contributed by atoms with van der Waals surface area (Å²) in [7, 11) is 3.32. The van der Waals surface area contributed by atoms with Gasteiger partial charge in [-0.1, -0.05) is 12.6 Å². The van der Waals surface area contributed by atoms with Gasteiger partial charge in [-0.2, -0.15) is 5.10 Å². The molecular formula is C33H28F2N6O2S. The normalized spacial score (nSPS) is 16.5. The lowest BCUT2D eigenvalue weighted by Gasteiger charge is -2.36. The molecule has 0 saturated heterocycles. The van der Waals surface area contributed by atoms with Crippen LogP contribution in [0.15, 0.2) is 66.8 Å². The summed E-state index contributed by atoms with van der Waals surface area (Å²) < 4.78 is 40.3. The molecular weight excluding hydrogens is 582 g/mol.